The quantitative estimate of drug-likeness (QED) is 0.569. The zero-order valence-electron chi connectivity index (χ0n) is 15.0. The maximum atomic E-state index is 12.2. The number of nitrogens with zero attached hydrogens (tertiary/aromatic N) is 2. The minimum Gasteiger partial charge on any atom is -0.463 e. The van der Waals surface area contributed by atoms with E-state index in [2.05, 4.69) is 4.98 Å². The van der Waals surface area contributed by atoms with Crippen molar-refractivity contribution in [3.05, 3.63) is 22.7 Å². The van der Waals surface area contributed by atoms with E-state index >= 15 is 0 Å². The van der Waals surface area contributed by atoms with Crippen molar-refractivity contribution in [2.45, 2.75) is 58.0 Å². The summed E-state index contributed by atoms with van der Waals surface area (Å²) in [7, 11) is 0. The van der Waals surface area contributed by atoms with E-state index in [1.165, 1.54) is 16.8 Å². The van der Waals surface area contributed by atoms with E-state index in [1.54, 1.807) is 27.7 Å². The number of hydrogen-bond donors (Lipinski definition) is 2. The molecule has 0 spiro atoms. The second-order valence-corrected chi connectivity index (χ2v) is 7.03. The van der Waals surface area contributed by atoms with Crippen LogP contribution in [0.25, 0.3) is 0 Å². The molecule has 3 rings (SSSR count). The van der Waals surface area contributed by atoms with Crippen LogP contribution in [-0.4, -0.2) is 51.4 Å². The Morgan fingerprint density at radius 1 is 1.42 bits per heavy atom. The first kappa shape index (κ1) is 18.8. The number of fused-ring (bicyclic) bond motifs is 1. The van der Waals surface area contributed by atoms with Crippen molar-refractivity contribution in [1.29, 1.82) is 0 Å². The van der Waals surface area contributed by atoms with Crippen LogP contribution in [0.4, 0.5) is 5.82 Å². The van der Waals surface area contributed by atoms with Crippen molar-refractivity contribution in [2.24, 2.45) is 5.92 Å². The standard InChI is InChI=1S/C16H23N3O7/c1-8(2)14(20)23-7-9-11-12(26-16(3,4)25-11)13(24-9)19-6-5-10(18-22)17-15(19)21/h5-6,8-9,11-13,22H,7H2,1-4H3,(H,17,18,21)/t9-,11?,12?,13-/m1/s1. The number of rotatable bonds is 5. The van der Waals surface area contributed by atoms with Crippen LogP contribution < -0.4 is 11.2 Å². The Balaban J connectivity index is 1.83. The number of carbonyl (C=O) groups excluding carboxylic acids is 1. The van der Waals surface area contributed by atoms with E-state index in [1.807, 2.05) is 5.48 Å². The van der Waals surface area contributed by atoms with Crippen molar-refractivity contribution in [3.8, 4) is 0 Å². The summed E-state index contributed by atoms with van der Waals surface area (Å²) < 4.78 is 24.2. The maximum absolute atomic E-state index is 12.2. The van der Waals surface area contributed by atoms with Gasteiger partial charge in [0.15, 0.2) is 17.8 Å². The molecule has 1 aromatic rings. The van der Waals surface area contributed by atoms with Crippen LogP contribution in [0.15, 0.2) is 17.1 Å². The number of hydrogen-bond acceptors (Lipinski definition) is 9. The number of nitrogens with one attached hydrogen (secondary N) is 1. The molecule has 26 heavy (non-hydrogen) atoms. The average Bonchev–Trinajstić information content (AvgIpc) is 3.05. The lowest BCUT2D eigenvalue weighted by Gasteiger charge is -2.24. The highest BCUT2D eigenvalue weighted by Gasteiger charge is 2.56. The van der Waals surface area contributed by atoms with Gasteiger partial charge in [0.05, 0.1) is 5.92 Å². The van der Waals surface area contributed by atoms with Crippen molar-refractivity contribution in [2.75, 3.05) is 12.1 Å². The third kappa shape index (κ3) is 3.58. The number of ether oxygens (including phenoxy) is 4. The lowest BCUT2D eigenvalue weighted by atomic mass is 10.1. The molecule has 0 aromatic carbocycles. The number of carbonyl (C=O) groups is 1. The first-order valence-electron chi connectivity index (χ1n) is 8.39. The molecular weight excluding hydrogens is 346 g/mol. The first-order chi connectivity index (χ1) is 12.2. The largest absolute Gasteiger partial charge is 0.463 e. The summed E-state index contributed by atoms with van der Waals surface area (Å²) in [5.74, 6) is -1.44. The zero-order chi connectivity index (χ0) is 19.1. The Bertz CT molecular complexity index is 733. The van der Waals surface area contributed by atoms with Gasteiger partial charge in [0.1, 0.15) is 24.9 Å². The molecule has 10 heteroatoms. The summed E-state index contributed by atoms with van der Waals surface area (Å²) in [6.45, 7) is 7.00. The molecular formula is C16H23N3O7. The van der Waals surface area contributed by atoms with Crippen LogP contribution in [0.1, 0.15) is 33.9 Å². The van der Waals surface area contributed by atoms with Gasteiger partial charge in [0, 0.05) is 6.20 Å². The summed E-state index contributed by atoms with van der Waals surface area (Å²) >= 11 is 0. The second kappa shape index (κ2) is 6.95. The molecule has 0 saturated carbocycles. The van der Waals surface area contributed by atoms with Gasteiger partial charge >= 0.3 is 11.7 Å². The Kier molecular flexibility index (Phi) is 5.02. The molecule has 2 aliphatic heterocycles. The minimum absolute atomic E-state index is 0.00736. The van der Waals surface area contributed by atoms with Crippen LogP contribution in [0.5, 0.6) is 0 Å². The summed E-state index contributed by atoms with van der Waals surface area (Å²) in [6, 6.07) is 1.42. The van der Waals surface area contributed by atoms with Crippen LogP contribution >= 0.6 is 0 Å². The summed E-state index contributed by atoms with van der Waals surface area (Å²) in [5, 5.41) is 8.86. The highest BCUT2D eigenvalue weighted by atomic mass is 16.8. The van der Waals surface area contributed by atoms with Gasteiger partial charge in [-0.15, -0.1) is 0 Å². The van der Waals surface area contributed by atoms with Crippen LogP contribution in [-0.2, 0) is 23.7 Å². The van der Waals surface area contributed by atoms with Gasteiger partial charge in [-0.2, -0.15) is 4.98 Å². The van der Waals surface area contributed by atoms with E-state index in [-0.39, 0.29) is 24.3 Å². The molecule has 2 aliphatic rings. The molecule has 0 radical (unpaired) electrons. The summed E-state index contributed by atoms with van der Waals surface area (Å²) in [4.78, 5) is 27.7. The molecule has 2 saturated heterocycles. The van der Waals surface area contributed by atoms with Gasteiger partial charge in [-0.05, 0) is 19.9 Å². The van der Waals surface area contributed by atoms with E-state index < -0.39 is 36.0 Å². The third-order valence-corrected chi connectivity index (χ3v) is 4.21. The number of aromatic nitrogens is 2. The lowest BCUT2D eigenvalue weighted by Crippen LogP contribution is -2.34. The smallest absolute Gasteiger partial charge is 0.351 e. The van der Waals surface area contributed by atoms with Gasteiger partial charge < -0.3 is 18.9 Å². The highest BCUT2D eigenvalue weighted by molar-refractivity contribution is 5.71. The summed E-state index contributed by atoms with van der Waals surface area (Å²) in [5.41, 5.74) is 1.19. The highest BCUT2D eigenvalue weighted by Crippen LogP contribution is 2.42. The van der Waals surface area contributed by atoms with Crippen molar-refractivity contribution < 1.29 is 28.9 Å². The topological polar surface area (TPSA) is 121 Å². The molecule has 2 unspecified atom stereocenters. The first-order valence-corrected chi connectivity index (χ1v) is 8.39. The Morgan fingerprint density at radius 3 is 2.73 bits per heavy atom. The Labute approximate surface area is 150 Å². The van der Waals surface area contributed by atoms with Crippen molar-refractivity contribution in [3.63, 3.8) is 0 Å². The van der Waals surface area contributed by atoms with E-state index in [9.17, 15) is 9.59 Å². The second-order valence-electron chi connectivity index (χ2n) is 7.03. The number of esters is 1. The zero-order valence-corrected chi connectivity index (χ0v) is 15.0. The van der Waals surface area contributed by atoms with Gasteiger partial charge in [-0.1, -0.05) is 13.8 Å². The van der Waals surface area contributed by atoms with Crippen LogP contribution in [0.2, 0.25) is 0 Å². The molecule has 0 aliphatic carbocycles. The molecule has 2 fully saturated rings. The monoisotopic (exact) mass is 369 g/mol. The Morgan fingerprint density at radius 2 is 2.12 bits per heavy atom. The van der Waals surface area contributed by atoms with Crippen molar-refractivity contribution in [1.82, 2.24) is 9.55 Å². The average molecular weight is 369 g/mol. The van der Waals surface area contributed by atoms with Crippen molar-refractivity contribution >= 4 is 11.8 Å². The Hall–Kier alpha value is -2.01. The molecule has 3 heterocycles. The fourth-order valence-electron chi connectivity index (χ4n) is 3.02. The van der Waals surface area contributed by atoms with Gasteiger partial charge in [-0.25, -0.2) is 4.79 Å². The van der Waals surface area contributed by atoms with E-state index in [0.717, 1.165) is 0 Å². The number of anilines is 1. The fraction of sp³-hybridized carbons (Fsp3) is 0.688. The molecule has 0 bridgehead atoms. The molecule has 10 nitrogen and oxygen atoms in total. The molecule has 4 atom stereocenters. The third-order valence-electron chi connectivity index (χ3n) is 4.21. The normalized spacial score (nSPS) is 29.6. The molecule has 2 N–H and O–H groups in total. The summed E-state index contributed by atoms with van der Waals surface area (Å²) in [6.07, 6.45) is -1.01. The van der Waals surface area contributed by atoms with Gasteiger partial charge in [-0.3, -0.25) is 20.0 Å². The lowest BCUT2D eigenvalue weighted by molar-refractivity contribution is -0.203. The minimum atomic E-state index is -0.860. The molecule has 144 valence electrons. The fourth-order valence-corrected chi connectivity index (χ4v) is 3.02. The predicted molar refractivity (Wildman–Crippen MR) is 87.4 cm³/mol. The molecule has 1 aromatic heterocycles. The van der Waals surface area contributed by atoms with Crippen LogP contribution in [0.3, 0.4) is 0 Å². The van der Waals surface area contributed by atoms with Crippen LogP contribution in [0, 0.1) is 5.92 Å². The van der Waals surface area contributed by atoms with Gasteiger partial charge in [0.25, 0.3) is 0 Å². The molecule has 0 amide bonds. The predicted octanol–water partition coefficient (Wildman–Crippen LogP) is 0.661. The van der Waals surface area contributed by atoms with Gasteiger partial charge in [0.2, 0.25) is 0 Å². The SMILES string of the molecule is CC(C)C(=O)OC[C@H]1O[C@@H](n2ccc(NO)nc2=O)C2OC(C)(C)OC21. The van der Waals surface area contributed by atoms with E-state index in [4.69, 9.17) is 24.2 Å². The maximum Gasteiger partial charge on any atom is 0.351 e. The van der Waals surface area contributed by atoms with E-state index in [0.29, 0.717) is 0 Å².